The Hall–Kier alpha value is -1.45. The molecule has 4 rings (SSSR count). The lowest BCUT2D eigenvalue weighted by Crippen LogP contribution is -2.07. The van der Waals surface area contributed by atoms with Crippen LogP contribution in [-0.2, 0) is 4.74 Å². The second-order valence-electron chi connectivity index (χ2n) is 5.27. The zero-order valence-electron chi connectivity index (χ0n) is 12.0. The minimum absolute atomic E-state index is 0.00437. The molecule has 23 heavy (non-hydrogen) atoms. The molecular weight excluding hydrogens is 429 g/mol. The lowest BCUT2D eigenvalue weighted by molar-refractivity contribution is 0.0592. The van der Waals surface area contributed by atoms with Crippen molar-refractivity contribution < 1.29 is 4.74 Å². The number of hydrogen-bond acceptors (Lipinski definition) is 5. The summed E-state index contributed by atoms with van der Waals surface area (Å²) in [6.45, 7) is 0.778. The van der Waals surface area contributed by atoms with Crippen molar-refractivity contribution in [1.29, 1.82) is 0 Å². The predicted molar refractivity (Wildman–Crippen MR) is 97.0 cm³/mol. The van der Waals surface area contributed by atoms with E-state index in [9.17, 15) is 0 Å². The van der Waals surface area contributed by atoms with Crippen molar-refractivity contribution >= 4 is 56.9 Å². The first kappa shape index (κ1) is 15.1. The summed E-state index contributed by atoms with van der Waals surface area (Å²) in [7, 11) is 0. The van der Waals surface area contributed by atoms with Crippen LogP contribution in [0.2, 0.25) is 5.02 Å². The molecule has 1 N–H and O–H groups in total. The smallest absolute Gasteiger partial charge is 0.194 e. The Labute approximate surface area is 151 Å². The highest BCUT2D eigenvalue weighted by Crippen LogP contribution is 2.29. The van der Waals surface area contributed by atoms with Crippen molar-refractivity contribution in [1.82, 2.24) is 19.5 Å². The summed E-state index contributed by atoms with van der Waals surface area (Å²) in [5.74, 6) is 0.665. The normalized spacial score (nSPS) is 17.7. The van der Waals surface area contributed by atoms with E-state index in [1.54, 1.807) is 6.33 Å². The van der Waals surface area contributed by atoms with Crippen molar-refractivity contribution in [2.75, 3.05) is 11.9 Å². The summed E-state index contributed by atoms with van der Waals surface area (Å²) in [5, 5.41) is 3.94. The first-order valence-corrected chi connectivity index (χ1v) is 8.70. The number of nitrogens with one attached hydrogen (secondary N) is 1. The van der Waals surface area contributed by atoms with Gasteiger partial charge in [0.1, 0.15) is 6.23 Å². The van der Waals surface area contributed by atoms with Gasteiger partial charge in [0.2, 0.25) is 0 Å². The summed E-state index contributed by atoms with van der Waals surface area (Å²) in [6.07, 6.45) is 3.81. The van der Waals surface area contributed by atoms with E-state index in [1.807, 2.05) is 28.8 Å². The third kappa shape index (κ3) is 3.00. The monoisotopic (exact) mass is 441 g/mol. The van der Waals surface area contributed by atoms with Crippen molar-refractivity contribution in [2.45, 2.75) is 19.1 Å². The zero-order valence-corrected chi connectivity index (χ0v) is 15.0. The highest BCUT2D eigenvalue weighted by molar-refractivity contribution is 14.1. The Kier molecular flexibility index (Phi) is 4.08. The fraction of sp³-hybridized carbons (Fsp3) is 0.267. The minimum Gasteiger partial charge on any atom is -0.358 e. The summed E-state index contributed by atoms with van der Waals surface area (Å²) >= 11 is 8.15. The molecule has 1 aromatic carbocycles. The summed E-state index contributed by atoms with van der Waals surface area (Å²) in [6, 6.07) is 7.50. The Morgan fingerprint density at radius 2 is 2.26 bits per heavy atom. The topological polar surface area (TPSA) is 64.9 Å². The molecule has 3 heterocycles. The molecule has 1 unspecified atom stereocenters. The van der Waals surface area contributed by atoms with Crippen molar-refractivity contribution in [3.63, 3.8) is 0 Å². The van der Waals surface area contributed by atoms with Gasteiger partial charge in [0, 0.05) is 39.9 Å². The van der Waals surface area contributed by atoms with Crippen molar-refractivity contribution in [2.24, 2.45) is 0 Å². The first-order chi connectivity index (χ1) is 11.2. The van der Waals surface area contributed by atoms with Gasteiger partial charge in [-0.1, -0.05) is 17.7 Å². The summed E-state index contributed by atoms with van der Waals surface area (Å²) in [4.78, 5) is 13.5. The number of hydrogen-bond donors (Lipinski definition) is 1. The largest absolute Gasteiger partial charge is 0.358 e. The highest BCUT2D eigenvalue weighted by atomic mass is 127. The number of nitrogens with zero attached hydrogens (tertiary/aromatic N) is 4. The van der Waals surface area contributed by atoms with Gasteiger partial charge >= 0.3 is 0 Å². The fourth-order valence-electron chi connectivity index (χ4n) is 2.67. The molecule has 0 aliphatic carbocycles. The maximum atomic E-state index is 6.04. The van der Waals surface area contributed by atoms with Crippen LogP contribution >= 0.6 is 34.2 Å². The standard InChI is InChI=1S/C15H13ClIN5O/c16-9-3-1-4-10(7-9)19-13-12-14(21-15(17)20-13)22(8-18-12)11-5-2-6-23-11/h1,3-4,7-8,11H,2,5-6H2,(H,19,20,21). The van der Waals surface area contributed by atoms with Crippen LogP contribution in [0.4, 0.5) is 11.5 Å². The lowest BCUT2D eigenvalue weighted by atomic mass is 10.3. The van der Waals surface area contributed by atoms with Crippen molar-refractivity contribution in [3.05, 3.63) is 39.4 Å². The van der Waals surface area contributed by atoms with Crippen LogP contribution in [0.5, 0.6) is 0 Å². The molecule has 1 saturated heterocycles. The number of ether oxygens (including phenoxy) is 1. The second kappa shape index (κ2) is 6.21. The van der Waals surface area contributed by atoms with E-state index < -0.39 is 0 Å². The van der Waals surface area contributed by atoms with Crippen LogP contribution < -0.4 is 5.32 Å². The molecule has 1 aliphatic rings. The molecule has 2 aromatic heterocycles. The Morgan fingerprint density at radius 1 is 1.35 bits per heavy atom. The Morgan fingerprint density at radius 3 is 3.04 bits per heavy atom. The van der Waals surface area contributed by atoms with E-state index in [2.05, 4.69) is 42.9 Å². The average molecular weight is 442 g/mol. The van der Waals surface area contributed by atoms with E-state index in [0.29, 0.717) is 14.7 Å². The predicted octanol–water partition coefficient (Wildman–Crippen LogP) is 4.14. The van der Waals surface area contributed by atoms with Gasteiger partial charge in [-0.25, -0.2) is 15.0 Å². The number of imidazole rings is 1. The van der Waals surface area contributed by atoms with Crippen LogP contribution in [-0.4, -0.2) is 26.1 Å². The van der Waals surface area contributed by atoms with Gasteiger partial charge in [0.05, 0.1) is 6.33 Å². The second-order valence-corrected chi connectivity index (χ2v) is 6.67. The number of rotatable bonds is 3. The average Bonchev–Trinajstić information content (AvgIpc) is 3.15. The molecule has 0 radical (unpaired) electrons. The quantitative estimate of drug-likeness (QED) is 0.489. The molecule has 0 amide bonds. The highest BCUT2D eigenvalue weighted by Gasteiger charge is 2.22. The van der Waals surface area contributed by atoms with E-state index in [4.69, 9.17) is 16.3 Å². The molecule has 3 aromatic rings. The van der Waals surface area contributed by atoms with Gasteiger partial charge in [-0.15, -0.1) is 0 Å². The number of benzene rings is 1. The molecule has 1 fully saturated rings. The van der Waals surface area contributed by atoms with Crippen LogP contribution in [0.25, 0.3) is 11.2 Å². The van der Waals surface area contributed by atoms with Gasteiger partial charge in [0.15, 0.2) is 20.8 Å². The Balaban J connectivity index is 1.77. The van der Waals surface area contributed by atoms with Gasteiger partial charge in [-0.2, -0.15) is 0 Å². The van der Waals surface area contributed by atoms with E-state index in [1.165, 1.54) is 0 Å². The minimum atomic E-state index is 0.00437. The van der Waals surface area contributed by atoms with E-state index in [-0.39, 0.29) is 6.23 Å². The molecule has 0 spiro atoms. The molecule has 0 bridgehead atoms. The number of fused-ring (bicyclic) bond motifs is 1. The van der Waals surface area contributed by atoms with Gasteiger partial charge in [0.25, 0.3) is 0 Å². The lowest BCUT2D eigenvalue weighted by Gasteiger charge is -2.12. The third-order valence-corrected chi connectivity index (χ3v) is 4.41. The number of anilines is 2. The zero-order chi connectivity index (χ0) is 15.8. The molecule has 0 saturated carbocycles. The molecular formula is C15H13ClIN5O. The maximum absolute atomic E-state index is 6.04. The van der Waals surface area contributed by atoms with Crippen LogP contribution in [0.3, 0.4) is 0 Å². The van der Waals surface area contributed by atoms with Crippen LogP contribution in [0.15, 0.2) is 30.6 Å². The van der Waals surface area contributed by atoms with Crippen molar-refractivity contribution in [3.8, 4) is 0 Å². The Bertz CT molecular complexity index is 862. The maximum Gasteiger partial charge on any atom is 0.194 e. The molecule has 6 nitrogen and oxygen atoms in total. The number of aromatic nitrogens is 4. The van der Waals surface area contributed by atoms with Crippen LogP contribution in [0.1, 0.15) is 19.1 Å². The van der Waals surface area contributed by atoms with Gasteiger partial charge in [-0.3, -0.25) is 4.57 Å². The van der Waals surface area contributed by atoms with Crippen LogP contribution in [0, 0.1) is 3.83 Å². The summed E-state index contributed by atoms with van der Waals surface area (Å²) in [5.41, 5.74) is 2.36. The summed E-state index contributed by atoms with van der Waals surface area (Å²) < 4.78 is 8.38. The fourth-order valence-corrected chi connectivity index (χ4v) is 3.33. The molecule has 8 heteroatoms. The molecule has 1 atom stereocenters. The molecule has 1 aliphatic heterocycles. The van der Waals surface area contributed by atoms with Gasteiger partial charge < -0.3 is 10.1 Å². The first-order valence-electron chi connectivity index (χ1n) is 7.25. The SMILES string of the molecule is Clc1cccc(Nc2nc(I)nc3c2ncn3C2CCCO2)c1. The molecule has 118 valence electrons. The third-order valence-electron chi connectivity index (χ3n) is 3.70. The van der Waals surface area contributed by atoms with E-state index in [0.717, 1.165) is 36.3 Å². The van der Waals surface area contributed by atoms with E-state index >= 15 is 0 Å². The number of halogens is 2. The van der Waals surface area contributed by atoms with Gasteiger partial charge in [-0.05, 0) is 31.0 Å².